The van der Waals surface area contributed by atoms with Crippen molar-refractivity contribution in [2.24, 2.45) is 10.9 Å². The first-order valence-corrected chi connectivity index (χ1v) is 4.18. The Balaban J connectivity index is 2.85. The van der Waals surface area contributed by atoms with Gasteiger partial charge in [-0.15, -0.1) is 0 Å². The second kappa shape index (κ2) is 4.45. The average Bonchev–Trinajstić information content (AvgIpc) is 2.56. The molecule has 1 aromatic rings. The summed E-state index contributed by atoms with van der Waals surface area (Å²) in [6, 6.07) is 3.23. The average molecular weight is 196 g/mol. The Morgan fingerprint density at radius 3 is 2.79 bits per heavy atom. The van der Waals surface area contributed by atoms with Crippen LogP contribution >= 0.6 is 0 Å². The zero-order valence-electron chi connectivity index (χ0n) is 8.06. The Bertz CT molecular complexity index is 328. The first kappa shape index (κ1) is 10.3. The monoisotopic (exact) mass is 196 g/mol. The molecule has 5 heteroatoms. The summed E-state index contributed by atoms with van der Waals surface area (Å²) in [5.41, 5.74) is 5.09. The molecule has 1 amide bonds. The SMILES string of the molecule is CC(C)O/N=C(\C(N)=O)c1ccco1. The number of amides is 1. The number of primary amides is 1. The van der Waals surface area contributed by atoms with E-state index in [1.165, 1.54) is 6.26 Å². The summed E-state index contributed by atoms with van der Waals surface area (Å²) < 4.78 is 4.98. The van der Waals surface area contributed by atoms with Crippen molar-refractivity contribution in [1.82, 2.24) is 0 Å². The van der Waals surface area contributed by atoms with Crippen LogP contribution in [-0.4, -0.2) is 17.7 Å². The van der Waals surface area contributed by atoms with Crippen molar-refractivity contribution in [1.29, 1.82) is 0 Å². The van der Waals surface area contributed by atoms with Crippen LogP contribution < -0.4 is 5.73 Å². The first-order valence-electron chi connectivity index (χ1n) is 4.18. The van der Waals surface area contributed by atoms with E-state index in [1.807, 2.05) is 0 Å². The zero-order chi connectivity index (χ0) is 10.6. The quantitative estimate of drug-likeness (QED) is 0.573. The normalized spacial score (nSPS) is 11.8. The van der Waals surface area contributed by atoms with Crippen LogP contribution in [0.25, 0.3) is 0 Å². The highest BCUT2D eigenvalue weighted by Crippen LogP contribution is 2.03. The molecule has 0 aliphatic rings. The smallest absolute Gasteiger partial charge is 0.274 e. The van der Waals surface area contributed by atoms with Crippen molar-refractivity contribution in [3.05, 3.63) is 24.2 Å². The minimum Gasteiger partial charge on any atom is -0.462 e. The summed E-state index contributed by atoms with van der Waals surface area (Å²) in [5.74, 6) is -0.376. The van der Waals surface area contributed by atoms with Gasteiger partial charge in [-0.25, -0.2) is 0 Å². The predicted molar refractivity (Wildman–Crippen MR) is 50.7 cm³/mol. The molecule has 1 rings (SSSR count). The fraction of sp³-hybridized carbons (Fsp3) is 0.333. The molecule has 0 bridgehead atoms. The van der Waals surface area contributed by atoms with E-state index in [0.717, 1.165) is 0 Å². The van der Waals surface area contributed by atoms with Crippen molar-refractivity contribution in [2.45, 2.75) is 20.0 Å². The molecule has 0 fully saturated rings. The molecule has 0 radical (unpaired) electrons. The van der Waals surface area contributed by atoms with Crippen LogP contribution in [0.2, 0.25) is 0 Å². The first-order chi connectivity index (χ1) is 6.61. The molecule has 0 aromatic carbocycles. The Labute approximate surface area is 81.5 Å². The fourth-order valence-electron chi connectivity index (χ4n) is 0.783. The summed E-state index contributed by atoms with van der Waals surface area (Å²) >= 11 is 0. The van der Waals surface area contributed by atoms with Crippen LogP contribution in [0.15, 0.2) is 28.0 Å². The van der Waals surface area contributed by atoms with Gasteiger partial charge in [-0.3, -0.25) is 4.79 Å². The predicted octanol–water partition coefficient (Wildman–Crippen LogP) is 0.894. The molecule has 0 unspecified atom stereocenters. The molecule has 0 saturated heterocycles. The topological polar surface area (TPSA) is 77.8 Å². The van der Waals surface area contributed by atoms with E-state index in [-0.39, 0.29) is 11.8 Å². The van der Waals surface area contributed by atoms with Crippen LogP contribution in [0.5, 0.6) is 0 Å². The lowest BCUT2D eigenvalue weighted by Crippen LogP contribution is -2.24. The lowest BCUT2D eigenvalue weighted by Gasteiger charge is -2.03. The van der Waals surface area contributed by atoms with Gasteiger partial charge in [0.05, 0.1) is 6.26 Å². The van der Waals surface area contributed by atoms with Gasteiger partial charge in [-0.1, -0.05) is 5.16 Å². The molecular formula is C9H12N2O3. The van der Waals surface area contributed by atoms with Gasteiger partial charge in [0.2, 0.25) is 5.71 Å². The van der Waals surface area contributed by atoms with Gasteiger partial charge in [0, 0.05) is 0 Å². The molecule has 0 aliphatic carbocycles. The van der Waals surface area contributed by atoms with Gasteiger partial charge in [-0.2, -0.15) is 0 Å². The Morgan fingerprint density at radius 2 is 2.36 bits per heavy atom. The van der Waals surface area contributed by atoms with Crippen LogP contribution in [0.1, 0.15) is 19.6 Å². The van der Waals surface area contributed by atoms with E-state index < -0.39 is 5.91 Å². The van der Waals surface area contributed by atoms with Gasteiger partial charge in [0.25, 0.3) is 5.91 Å². The van der Waals surface area contributed by atoms with Crippen molar-refractivity contribution < 1.29 is 14.0 Å². The zero-order valence-corrected chi connectivity index (χ0v) is 8.06. The van der Waals surface area contributed by atoms with Crippen LogP contribution in [0.4, 0.5) is 0 Å². The molecule has 1 aromatic heterocycles. The number of hydrogen-bond acceptors (Lipinski definition) is 4. The summed E-state index contributed by atoms with van der Waals surface area (Å²) in [7, 11) is 0. The van der Waals surface area contributed by atoms with Gasteiger partial charge in [-0.05, 0) is 26.0 Å². The summed E-state index contributed by atoms with van der Waals surface area (Å²) in [5, 5.41) is 3.61. The highest BCUT2D eigenvalue weighted by Gasteiger charge is 2.14. The molecule has 0 atom stereocenters. The molecule has 14 heavy (non-hydrogen) atoms. The van der Waals surface area contributed by atoms with E-state index in [1.54, 1.807) is 26.0 Å². The second-order valence-electron chi connectivity index (χ2n) is 2.94. The van der Waals surface area contributed by atoms with Crippen LogP contribution in [0.3, 0.4) is 0 Å². The van der Waals surface area contributed by atoms with Crippen molar-refractivity contribution in [3.63, 3.8) is 0 Å². The van der Waals surface area contributed by atoms with Crippen molar-refractivity contribution >= 4 is 11.6 Å². The third-order valence-electron chi connectivity index (χ3n) is 1.34. The van der Waals surface area contributed by atoms with E-state index in [0.29, 0.717) is 5.76 Å². The number of carbonyl (C=O) groups is 1. The molecule has 1 heterocycles. The molecule has 76 valence electrons. The molecule has 0 saturated carbocycles. The Hall–Kier alpha value is -1.78. The third-order valence-corrected chi connectivity index (χ3v) is 1.34. The molecular weight excluding hydrogens is 184 g/mol. The van der Waals surface area contributed by atoms with Gasteiger partial charge < -0.3 is 15.0 Å². The lowest BCUT2D eigenvalue weighted by atomic mass is 10.3. The molecule has 0 aliphatic heterocycles. The van der Waals surface area contributed by atoms with Crippen LogP contribution in [-0.2, 0) is 9.63 Å². The number of furan rings is 1. The number of nitrogens with two attached hydrogens (primary N) is 1. The van der Waals surface area contributed by atoms with Gasteiger partial charge in [0.1, 0.15) is 6.10 Å². The molecule has 5 nitrogen and oxygen atoms in total. The largest absolute Gasteiger partial charge is 0.462 e. The minimum atomic E-state index is -0.680. The summed E-state index contributed by atoms with van der Waals surface area (Å²) in [6.45, 7) is 3.59. The Morgan fingerprint density at radius 1 is 1.64 bits per heavy atom. The maximum absolute atomic E-state index is 11.0. The number of carbonyl (C=O) groups excluding carboxylic acids is 1. The number of rotatable bonds is 4. The maximum Gasteiger partial charge on any atom is 0.274 e. The highest BCUT2D eigenvalue weighted by atomic mass is 16.6. The number of oxime groups is 1. The van der Waals surface area contributed by atoms with E-state index in [9.17, 15) is 4.79 Å². The van der Waals surface area contributed by atoms with Crippen molar-refractivity contribution in [2.75, 3.05) is 0 Å². The van der Waals surface area contributed by atoms with E-state index >= 15 is 0 Å². The summed E-state index contributed by atoms with van der Waals surface area (Å²) in [4.78, 5) is 15.9. The van der Waals surface area contributed by atoms with Crippen molar-refractivity contribution in [3.8, 4) is 0 Å². The van der Waals surface area contributed by atoms with E-state index in [2.05, 4.69) is 5.16 Å². The van der Waals surface area contributed by atoms with E-state index in [4.69, 9.17) is 15.0 Å². The highest BCUT2D eigenvalue weighted by molar-refractivity contribution is 6.43. The standard InChI is InChI=1S/C9H12N2O3/c1-6(2)14-11-8(9(10)12)7-4-3-5-13-7/h3-6H,1-2H3,(H2,10,12)/b11-8-. The minimum absolute atomic E-state index is 0.0105. The third kappa shape index (κ3) is 2.62. The van der Waals surface area contributed by atoms with Gasteiger partial charge in [0.15, 0.2) is 5.76 Å². The fourth-order valence-corrected chi connectivity index (χ4v) is 0.783. The van der Waals surface area contributed by atoms with Gasteiger partial charge >= 0.3 is 0 Å². The number of hydrogen-bond donors (Lipinski definition) is 1. The Kier molecular flexibility index (Phi) is 3.28. The maximum atomic E-state index is 11.0. The van der Waals surface area contributed by atoms with Crippen LogP contribution in [0, 0.1) is 0 Å². The summed E-state index contributed by atoms with van der Waals surface area (Å²) in [6.07, 6.45) is 1.32. The molecule has 0 spiro atoms. The second-order valence-corrected chi connectivity index (χ2v) is 2.94. The lowest BCUT2D eigenvalue weighted by molar-refractivity contribution is -0.112. The molecule has 2 N–H and O–H groups in total. The number of nitrogens with zero attached hydrogens (tertiary/aromatic N) is 1.